The first-order valence-corrected chi connectivity index (χ1v) is 7.82. The van der Waals surface area contributed by atoms with Crippen molar-refractivity contribution >= 4 is 17.5 Å². The molecule has 0 spiro atoms. The highest BCUT2D eigenvalue weighted by Gasteiger charge is 2.21. The van der Waals surface area contributed by atoms with Crippen molar-refractivity contribution in [1.29, 1.82) is 0 Å². The highest BCUT2D eigenvalue weighted by molar-refractivity contribution is 7.99. The summed E-state index contributed by atoms with van der Waals surface area (Å²) in [6.07, 6.45) is 0.317. The molecule has 0 fully saturated rings. The second kappa shape index (κ2) is 6.62. The van der Waals surface area contributed by atoms with Gasteiger partial charge in [-0.25, -0.2) is 0 Å². The zero-order valence-corrected chi connectivity index (χ0v) is 13.0. The number of Topliss-reactive ketones (excluding diaryl/α,β-unsaturated/α-hetero) is 1. The van der Waals surface area contributed by atoms with Gasteiger partial charge >= 0.3 is 0 Å². The van der Waals surface area contributed by atoms with Gasteiger partial charge in [-0.2, -0.15) is 0 Å². The zero-order valence-electron chi connectivity index (χ0n) is 12.2. The number of aryl methyl sites for hydroxylation is 1. The number of carbonyl (C=O) groups excluding carboxylic acids is 1. The Hall–Kier alpha value is -2.33. The van der Waals surface area contributed by atoms with Crippen molar-refractivity contribution in [2.75, 3.05) is 0 Å². The Labute approximate surface area is 133 Å². The Balaban J connectivity index is 1.84. The van der Waals surface area contributed by atoms with Crippen molar-refractivity contribution in [2.24, 2.45) is 0 Å². The summed E-state index contributed by atoms with van der Waals surface area (Å²) in [6.45, 7) is 1.86. The van der Waals surface area contributed by atoms with E-state index >= 15 is 0 Å². The molecule has 0 atom stereocenters. The number of hydrogen-bond acceptors (Lipinski definition) is 4. The fraction of sp³-hybridized carbons (Fsp3) is 0.111. The van der Waals surface area contributed by atoms with Gasteiger partial charge in [0.1, 0.15) is 0 Å². The van der Waals surface area contributed by atoms with E-state index in [1.165, 1.54) is 11.8 Å². The maximum Gasteiger partial charge on any atom is 0.216 e. The normalized spacial score (nSPS) is 10.6. The van der Waals surface area contributed by atoms with E-state index in [1.807, 2.05) is 67.6 Å². The predicted octanol–water partition coefficient (Wildman–Crippen LogP) is 4.56. The smallest absolute Gasteiger partial charge is 0.216 e. The quantitative estimate of drug-likeness (QED) is 0.648. The van der Waals surface area contributed by atoms with Crippen LogP contribution >= 0.6 is 11.8 Å². The monoisotopic (exact) mass is 309 g/mol. The first-order chi connectivity index (χ1) is 10.7. The summed E-state index contributed by atoms with van der Waals surface area (Å²) in [4.78, 5) is 14.3. The molecule has 4 heteroatoms. The molecule has 3 aromatic rings. The maximum absolute atomic E-state index is 12.5. The molecule has 1 aromatic heterocycles. The predicted molar refractivity (Wildman–Crippen MR) is 86.3 cm³/mol. The number of hydrogen-bond donors (Lipinski definition) is 0. The molecule has 2 aromatic carbocycles. The Morgan fingerprint density at radius 3 is 2.36 bits per heavy atom. The van der Waals surface area contributed by atoms with Crippen LogP contribution in [0, 0.1) is 6.92 Å². The molecule has 3 nitrogen and oxygen atoms in total. The van der Waals surface area contributed by atoms with Gasteiger partial charge in [-0.3, -0.25) is 4.79 Å². The molecule has 110 valence electrons. The Morgan fingerprint density at radius 1 is 1.05 bits per heavy atom. The summed E-state index contributed by atoms with van der Waals surface area (Å²) in [7, 11) is 0. The number of nitrogens with zero attached hydrogens (tertiary/aromatic N) is 1. The average Bonchev–Trinajstić information content (AvgIpc) is 2.90. The lowest BCUT2D eigenvalue weighted by Crippen LogP contribution is -2.03. The highest BCUT2D eigenvalue weighted by atomic mass is 32.2. The Bertz CT molecular complexity index is 766. The molecule has 1 heterocycles. The largest absolute Gasteiger partial charge is 0.352 e. The molecule has 0 saturated heterocycles. The number of aromatic nitrogens is 1. The van der Waals surface area contributed by atoms with Crippen LogP contribution in [0.25, 0.3) is 0 Å². The molecule has 0 aliphatic carbocycles. The first-order valence-electron chi connectivity index (χ1n) is 7.00. The molecule has 3 rings (SSSR count). The van der Waals surface area contributed by atoms with E-state index < -0.39 is 0 Å². The average molecular weight is 309 g/mol. The van der Waals surface area contributed by atoms with Gasteiger partial charge in [0.25, 0.3) is 0 Å². The molecular weight excluding hydrogens is 294 g/mol. The van der Waals surface area contributed by atoms with Gasteiger partial charge in [0.2, 0.25) is 11.5 Å². The molecular formula is C18H15NO2S. The minimum atomic E-state index is -0.0507. The molecule has 0 amide bonds. The van der Waals surface area contributed by atoms with Crippen molar-refractivity contribution in [3.05, 3.63) is 77.7 Å². The number of ketones is 1. The first kappa shape index (κ1) is 14.6. The van der Waals surface area contributed by atoms with Crippen LogP contribution in [-0.2, 0) is 6.42 Å². The minimum absolute atomic E-state index is 0.0507. The van der Waals surface area contributed by atoms with E-state index in [0.29, 0.717) is 12.2 Å². The van der Waals surface area contributed by atoms with Crippen molar-refractivity contribution in [3.8, 4) is 0 Å². The van der Waals surface area contributed by atoms with Crippen LogP contribution in [0.4, 0.5) is 0 Å². The van der Waals surface area contributed by atoms with Crippen LogP contribution in [-0.4, -0.2) is 10.9 Å². The van der Waals surface area contributed by atoms with E-state index in [4.69, 9.17) is 4.52 Å². The number of benzene rings is 2. The molecule has 0 unspecified atom stereocenters. The highest BCUT2D eigenvalue weighted by Crippen LogP contribution is 2.33. The van der Waals surface area contributed by atoms with E-state index in [1.54, 1.807) is 0 Å². The SMILES string of the molecule is Cc1noc(C(=O)Cc2ccccc2)c1Sc1ccccc1. The zero-order chi connectivity index (χ0) is 15.4. The second-order valence-corrected chi connectivity index (χ2v) is 6.01. The molecule has 0 N–H and O–H groups in total. The van der Waals surface area contributed by atoms with Crippen molar-refractivity contribution in [1.82, 2.24) is 5.16 Å². The second-order valence-electron chi connectivity index (χ2n) is 4.93. The fourth-order valence-corrected chi connectivity index (χ4v) is 3.08. The summed E-state index contributed by atoms with van der Waals surface area (Å²) < 4.78 is 5.28. The van der Waals surface area contributed by atoms with Crippen LogP contribution in [0.1, 0.15) is 21.8 Å². The summed E-state index contributed by atoms with van der Waals surface area (Å²) >= 11 is 1.51. The lowest BCUT2D eigenvalue weighted by atomic mass is 10.1. The number of carbonyl (C=O) groups is 1. The Kier molecular flexibility index (Phi) is 4.39. The van der Waals surface area contributed by atoms with Crippen LogP contribution < -0.4 is 0 Å². The summed E-state index contributed by atoms with van der Waals surface area (Å²) in [5.74, 6) is 0.292. The van der Waals surface area contributed by atoms with Crippen LogP contribution in [0.15, 0.2) is 75.0 Å². The fourth-order valence-electron chi connectivity index (χ4n) is 2.13. The van der Waals surface area contributed by atoms with Crippen molar-refractivity contribution in [2.45, 2.75) is 23.1 Å². The standard InChI is InChI=1S/C18H15NO2S/c1-13-18(22-15-10-6-3-7-11-15)17(21-19-13)16(20)12-14-8-4-2-5-9-14/h2-11H,12H2,1H3. The lowest BCUT2D eigenvalue weighted by Gasteiger charge is -2.02. The third-order valence-electron chi connectivity index (χ3n) is 3.23. The topological polar surface area (TPSA) is 43.1 Å². The summed E-state index contributed by atoms with van der Waals surface area (Å²) in [5.41, 5.74) is 1.71. The summed E-state index contributed by atoms with van der Waals surface area (Å²) in [6, 6.07) is 19.6. The van der Waals surface area contributed by atoms with E-state index in [0.717, 1.165) is 21.0 Å². The van der Waals surface area contributed by atoms with Crippen LogP contribution in [0.2, 0.25) is 0 Å². The van der Waals surface area contributed by atoms with Gasteiger partial charge in [-0.1, -0.05) is 65.4 Å². The third-order valence-corrected chi connectivity index (χ3v) is 4.43. The van der Waals surface area contributed by atoms with Crippen LogP contribution in [0.5, 0.6) is 0 Å². The minimum Gasteiger partial charge on any atom is -0.352 e. The van der Waals surface area contributed by atoms with Gasteiger partial charge in [0.05, 0.1) is 10.6 Å². The van der Waals surface area contributed by atoms with Crippen LogP contribution in [0.3, 0.4) is 0 Å². The third kappa shape index (κ3) is 3.28. The lowest BCUT2D eigenvalue weighted by molar-refractivity contribution is 0.0953. The molecule has 0 aliphatic heterocycles. The molecule has 0 aliphatic rings. The van der Waals surface area contributed by atoms with Crippen molar-refractivity contribution < 1.29 is 9.32 Å². The van der Waals surface area contributed by atoms with E-state index in [-0.39, 0.29) is 5.78 Å². The van der Waals surface area contributed by atoms with Gasteiger partial charge in [-0.15, -0.1) is 0 Å². The van der Waals surface area contributed by atoms with Gasteiger partial charge < -0.3 is 4.52 Å². The molecule has 0 radical (unpaired) electrons. The molecule has 22 heavy (non-hydrogen) atoms. The summed E-state index contributed by atoms with van der Waals surface area (Å²) in [5, 5.41) is 3.96. The van der Waals surface area contributed by atoms with E-state index in [9.17, 15) is 4.79 Å². The molecule has 0 bridgehead atoms. The number of rotatable bonds is 5. The Morgan fingerprint density at radius 2 is 1.68 bits per heavy atom. The molecule has 0 saturated carbocycles. The van der Waals surface area contributed by atoms with Gasteiger partial charge in [-0.05, 0) is 24.6 Å². The van der Waals surface area contributed by atoms with Crippen molar-refractivity contribution in [3.63, 3.8) is 0 Å². The maximum atomic E-state index is 12.5. The van der Waals surface area contributed by atoms with Gasteiger partial charge in [0.15, 0.2) is 0 Å². The van der Waals surface area contributed by atoms with Gasteiger partial charge in [0, 0.05) is 11.3 Å². The van der Waals surface area contributed by atoms with E-state index in [2.05, 4.69) is 5.16 Å².